The van der Waals surface area contributed by atoms with E-state index in [1.54, 1.807) is 6.92 Å². The lowest BCUT2D eigenvalue weighted by Gasteiger charge is -2.27. The van der Waals surface area contributed by atoms with Gasteiger partial charge in [0.2, 0.25) is 5.91 Å². The second kappa shape index (κ2) is 8.32. The number of amides is 1. The van der Waals surface area contributed by atoms with E-state index in [2.05, 4.69) is 20.2 Å². The number of hydrogen-bond acceptors (Lipinski definition) is 4. The Morgan fingerprint density at radius 2 is 1.88 bits per heavy atom. The van der Waals surface area contributed by atoms with Gasteiger partial charge in [0.1, 0.15) is 0 Å². The highest BCUT2D eigenvalue weighted by molar-refractivity contribution is 5.76. The van der Waals surface area contributed by atoms with Crippen LogP contribution in [0.4, 0.5) is 5.69 Å². The minimum atomic E-state index is -0.534. The van der Waals surface area contributed by atoms with E-state index < -0.39 is 11.2 Å². The molecule has 0 aliphatic heterocycles. The number of aromatic nitrogens is 2. The molecule has 0 aliphatic carbocycles. The molecule has 1 atom stereocenters. The van der Waals surface area contributed by atoms with Crippen molar-refractivity contribution in [3.8, 4) is 0 Å². The van der Waals surface area contributed by atoms with E-state index in [1.165, 1.54) is 0 Å². The van der Waals surface area contributed by atoms with Crippen LogP contribution in [0.3, 0.4) is 0 Å². The maximum absolute atomic E-state index is 12.1. The zero-order valence-electron chi connectivity index (χ0n) is 14.8. The number of anilines is 1. The van der Waals surface area contributed by atoms with Gasteiger partial charge >= 0.3 is 5.69 Å². The minimum Gasteiger partial charge on any atom is -0.370 e. The summed E-state index contributed by atoms with van der Waals surface area (Å²) in [6.45, 7) is 4.19. The molecule has 2 rings (SSSR count). The van der Waals surface area contributed by atoms with Gasteiger partial charge in [-0.1, -0.05) is 18.2 Å². The van der Waals surface area contributed by atoms with Crippen LogP contribution >= 0.6 is 0 Å². The fraction of sp³-hybridized carbons (Fsp3) is 0.389. The normalized spacial score (nSPS) is 11.8. The minimum absolute atomic E-state index is 0.127. The van der Waals surface area contributed by atoms with Gasteiger partial charge in [-0.2, -0.15) is 0 Å². The van der Waals surface area contributed by atoms with Gasteiger partial charge in [-0.3, -0.25) is 14.6 Å². The Hall–Kier alpha value is -2.83. The van der Waals surface area contributed by atoms with Crippen molar-refractivity contribution in [3.05, 3.63) is 62.4 Å². The number of carbonyl (C=O) groups is 1. The maximum Gasteiger partial charge on any atom is 0.325 e. The van der Waals surface area contributed by atoms with E-state index in [0.717, 1.165) is 5.69 Å². The second-order valence-corrected chi connectivity index (χ2v) is 6.11. The first-order chi connectivity index (χ1) is 11.9. The fourth-order valence-corrected chi connectivity index (χ4v) is 2.57. The number of para-hydroxylation sites is 1. The number of aromatic amines is 2. The van der Waals surface area contributed by atoms with E-state index in [-0.39, 0.29) is 24.8 Å². The Kier molecular flexibility index (Phi) is 6.16. The van der Waals surface area contributed by atoms with Crippen molar-refractivity contribution < 1.29 is 4.79 Å². The first-order valence-electron chi connectivity index (χ1n) is 8.25. The molecule has 0 aliphatic rings. The standard InChI is InChI=1S/C18H24N4O3/c1-12(22(3)14-7-5-4-6-8-14)11-19-16(23)10-9-15-13(2)20-18(25)21-17(15)24/h4-8,12H,9-11H2,1-3H3,(H,19,23)(H2,20,21,24,25). The fourth-order valence-electron chi connectivity index (χ4n) is 2.57. The number of H-pyrrole nitrogens is 2. The lowest BCUT2D eigenvalue weighted by atomic mass is 10.1. The summed E-state index contributed by atoms with van der Waals surface area (Å²) >= 11 is 0. The van der Waals surface area contributed by atoms with Gasteiger partial charge in [0.25, 0.3) is 5.56 Å². The molecule has 3 N–H and O–H groups in total. The van der Waals surface area contributed by atoms with Gasteiger partial charge in [-0.25, -0.2) is 4.79 Å². The molecule has 7 nitrogen and oxygen atoms in total. The number of rotatable bonds is 7. The molecule has 0 spiro atoms. The first kappa shape index (κ1) is 18.5. The summed E-state index contributed by atoms with van der Waals surface area (Å²) in [5.74, 6) is -0.127. The van der Waals surface area contributed by atoms with Gasteiger partial charge in [0, 0.05) is 43.0 Å². The van der Waals surface area contributed by atoms with Crippen molar-refractivity contribution in [3.63, 3.8) is 0 Å². The Bertz CT molecular complexity index is 826. The third kappa shape index (κ3) is 5.07. The molecular formula is C18H24N4O3. The third-order valence-electron chi connectivity index (χ3n) is 4.28. The lowest BCUT2D eigenvalue weighted by molar-refractivity contribution is -0.121. The lowest BCUT2D eigenvalue weighted by Crippen LogP contribution is -2.40. The zero-order valence-corrected chi connectivity index (χ0v) is 14.8. The summed E-state index contributed by atoms with van der Waals surface area (Å²) < 4.78 is 0. The smallest absolute Gasteiger partial charge is 0.325 e. The molecule has 0 saturated carbocycles. The van der Waals surface area contributed by atoms with Crippen molar-refractivity contribution in [1.82, 2.24) is 15.3 Å². The van der Waals surface area contributed by atoms with Crippen LogP contribution in [-0.2, 0) is 11.2 Å². The zero-order chi connectivity index (χ0) is 18.4. The topological polar surface area (TPSA) is 98.1 Å². The monoisotopic (exact) mass is 344 g/mol. The SMILES string of the molecule is Cc1[nH]c(=O)[nH]c(=O)c1CCC(=O)NCC(C)N(C)c1ccccc1. The van der Waals surface area contributed by atoms with E-state index in [0.29, 0.717) is 17.8 Å². The van der Waals surface area contributed by atoms with Crippen LogP contribution in [0, 0.1) is 6.92 Å². The highest BCUT2D eigenvalue weighted by Gasteiger charge is 2.13. The highest BCUT2D eigenvalue weighted by Crippen LogP contribution is 2.13. The van der Waals surface area contributed by atoms with Crippen LogP contribution in [0.5, 0.6) is 0 Å². The third-order valence-corrected chi connectivity index (χ3v) is 4.28. The van der Waals surface area contributed by atoms with Gasteiger partial charge in [-0.05, 0) is 32.4 Å². The molecule has 0 saturated heterocycles. The Balaban J connectivity index is 1.85. The molecule has 0 radical (unpaired) electrons. The summed E-state index contributed by atoms with van der Waals surface area (Å²) in [5.41, 5.74) is 1.04. The van der Waals surface area contributed by atoms with Crippen molar-refractivity contribution in [2.45, 2.75) is 32.7 Å². The van der Waals surface area contributed by atoms with Gasteiger partial charge in [0.05, 0.1) is 0 Å². The van der Waals surface area contributed by atoms with E-state index in [4.69, 9.17) is 0 Å². The molecule has 0 bridgehead atoms. The molecule has 1 unspecified atom stereocenters. The Morgan fingerprint density at radius 3 is 2.52 bits per heavy atom. The molecule has 1 aromatic carbocycles. The quantitative estimate of drug-likeness (QED) is 0.696. The van der Waals surface area contributed by atoms with E-state index in [9.17, 15) is 14.4 Å². The van der Waals surface area contributed by atoms with Crippen LogP contribution in [0.1, 0.15) is 24.6 Å². The highest BCUT2D eigenvalue weighted by atomic mass is 16.2. The average molecular weight is 344 g/mol. The molecular weight excluding hydrogens is 320 g/mol. The number of nitrogens with one attached hydrogen (secondary N) is 3. The predicted molar refractivity (Wildman–Crippen MR) is 98.1 cm³/mol. The van der Waals surface area contributed by atoms with Crippen molar-refractivity contribution in [2.75, 3.05) is 18.5 Å². The molecule has 1 heterocycles. The van der Waals surface area contributed by atoms with Gasteiger partial charge in [0.15, 0.2) is 0 Å². The number of aryl methyl sites for hydroxylation is 1. The number of benzene rings is 1. The number of carbonyl (C=O) groups excluding carboxylic acids is 1. The summed E-state index contributed by atoms with van der Waals surface area (Å²) in [7, 11) is 1.98. The van der Waals surface area contributed by atoms with Gasteiger partial charge < -0.3 is 15.2 Å². The van der Waals surface area contributed by atoms with E-state index >= 15 is 0 Å². The first-order valence-corrected chi connectivity index (χ1v) is 8.25. The molecule has 1 amide bonds. The van der Waals surface area contributed by atoms with Crippen molar-refractivity contribution in [2.24, 2.45) is 0 Å². The Morgan fingerprint density at radius 1 is 1.20 bits per heavy atom. The van der Waals surface area contributed by atoms with Crippen LogP contribution < -0.4 is 21.5 Å². The van der Waals surface area contributed by atoms with Crippen molar-refractivity contribution >= 4 is 11.6 Å². The predicted octanol–water partition coefficient (Wildman–Crippen LogP) is 0.945. The van der Waals surface area contributed by atoms with Gasteiger partial charge in [-0.15, -0.1) is 0 Å². The summed E-state index contributed by atoms with van der Waals surface area (Å²) in [6, 6.07) is 10.1. The molecule has 1 aromatic heterocycles. The summed E-state index contributed by atoms with van der Waals surface area (Å²) in [4.78, 5) is 41.8. The Labute approximate surface area is 146 Å². The maximum atomic E-state index is 12.1. The van der Waals surface area contributed by atoms with Crippen LogP contribution in [0.2, 0.25) is 0 Å². The number of hydrogen-bond donors (Lipinski definition) is 3. The van der Waals surface area contributed by atoms with Crippen LogP contribution in [0.15, 0.2) is 39.9 Å². The molecule has 2 aromatic rings. The van der Waals surface area contributed by atoms with Crippen LogP contribution in [0.25, 0.3) is 0 Å². The average Bonchev–Trinajstić information content (AvgIpc) is 2.58. The summed E-state index contributed by atoms with van der Waals surface area (Å²) in [6.07, 6.45) is 0.477. The molecule has 0 fully saturated rings. The van der Waals surface area contributed by atoms with E-state index in [1.807, 2.05) is 44.3 Å². The summed E-state index contributed by atoms with van der Waals surface area (Å²) in [5, 5.41) is 2.89. The molecule has 7 heteroatoms. The molecule has 25 heavy (non-hydrogen) atoms. The number of likely N-dealkylation sites (N-methyl/N-ethyl adjacent to an activating group) is 1. The largest absolute Gasteiger partial charge is 0.370 e. The van der Waals surface area contributed by atoms with Crippen LogP contribution in [-0.4, -0.2) is 35.5 Å². The van der Waals surface area contributed by atoms with Crippen molar-refractivity contribution in [1.29, 1.82) is 0 Å². The second-order valence-electron chi connectivity index (χ2n) is 6.11. The molecule has 134 valence electrons. The number of nitrogens with zero attached hydrogens (tertiary/aromatic N) is 1.